The predicted octanol–water partition coefficient (Wildman–Crippen LogP) is 3.13. The molecule has 2 rings (SSSR count). The fourth-order valence-electron chi connectivity index (χ4n) is 3.60. The molecule has 0 aromatic carbocycles. The van der Waals surface area contributed by atoms with Crippen LogP contribution in [0.15, 0.2) is 0 Å². The first-order valence-electron chi connectivity index (χ1n) is 7.68. The number of rotatable bonds is 5. The number of hydrogen-bond donors (Lipinski definition) is 0. The van der Waals surface area contributed by atoms with Crippen molar-refractivity contribution in [2.45, 2.75) is 70.9 Å². The highest BCUT2D eigenvalue weighted by Gasteiger charge is 2.37. The highest BCUT2D eigenvalue weighted by Crippen LogP contribution is 2.31. The Morgan fingerprint density at radius 3 is 2.71 bits per heavy atom. The summed E-state index contributed by atoms with van der Waals surface area (Å²) in [5.41, 5.74) is 0.463. The van der Waals surface area contributed by atoms with Crippen LogP contribution in [-0.4, -0.2) is 47.6 Å². The second-order valence-electron chi connectivity index (χ2n) is 6.23. The Kier molecular flexibility index (Phi) is 4.48. The summed E-state index contributed by atoms with van der Waals surface area (Å²) in [6, 6.07) is 0.872. The molecule has 0 saturated carbocycles. The zero-order valence-corrected chi connectivity index (χ0v) is 12.0. The van der Waals surface area contributed by atoms with Gasteiger partial charge in [0.05, 0.1) is 0 Å². The van der Waals surface area contributed by atoms with Gasteiger partial charge in [0.2, 0.25) is 0 Å². The normalized spacial score (nSPS) is 30.2. The third-order valence-corrected chi connectivity index (χ3v) is 5.18. The fourth-order valence-corrected chi connectivity index (χ4v) is 3.60. The zero-order chi connectivity index (χ0) is 12.3. The van der Waals surface area contributed by atoms with E-state index in [1.165, 1.54) is 64.7 Å². The van der Waals surface area contributed by atoms with Crippen molar-refractivity contribution in [1.29, 1.82) is 0 Å². The third kappa shape index (κ3) is 2.85. The molecule has 0 spiro atoms. The molecule has 0 aromatic heterocycles. The molecule has 2 heteroatoms. The molecule has 0 N–H and O–H groups in total. The van der Waals surface area contributed by atoms with Crippen molar-refractivity contribution < 1.29 is 0 Å². The van der Waals surface area contributed by atoms with Crippen LogP contribution < -0.4 is 0 Å². The summed E-state index contributed by atoms with van der Waals surface area (Å²) in [5, 5.41) is 0. The van der Waals surface area contributed by atoms with Crippen LogP contribution in [0.4, 0.5) is 0 Å². The maximum absolute atomic E-state index is 2.80. The van der Waals surface area contributed by atoms with Crippen LogP contribution in [0, 0.1) is 0 Å². The Hall–Kier alpha value is -0.0800. The Balaban J connectivity index is 1.95. The monoisotopic (exact) mass is 238 g/mol. The van der Waals surface area contributed by atoms with Crippen molar-refractivity contribution >= 4 is 0 Å². The van der Waals surface area contributed by atoms with Crippen LogP contribution in [0.5, 0.6) is 0 Å². The summed E-state index contributed by atoms with van der Waals surface area (Å²) in [4.78, 5) is 5.52. The minimum atomic E-state index is 0.463. The van der Waals surface area contributed by atoms with Gasteiger partial charge in [0, 0.05) is 31.2 Å². The molecule has 2 aliphatic rings. The molecule has 2 nitrogen and oxygen atoms in total. The average Bonchev–Trinajstić information content (AvgIpc) is 2.83. The Labute approximate surface area is 107 Å². The summed E-state index contributed by atoms with van der Waals surface area (Å²) >= 11 is 0. The van der Waals surface area contributed by atoms with E-state index in [4.69, 9.17) is 0 Å². The van der Waals surface area contributed by atoms with Gasteiger partial charge in [-0.2, -0.15) is 0 Å². The molecule has 0 radical (unpaired) electrons. The van der Waals surface area contributed by atoms with E-state index in [2.05, 4.69) is 30.6 Å². The van der Waals surface area contributed by atoms with Gasteiger partial charge in [-0.1, -0.05) is 26.7 Å². The van der Waals surface area contributed by atoms with E-state index < -0.39 is 0 Å². The van der Waals surface area contributed by atoms with Gasteiger partial charge in [-0.25, -0.2) is 0 Å². The first kappa shape index (κ1) is 13.4. The van der Waals surface area contributed by atoms with Gasteiger partial charge in [0.15, 0.2) is 0 Å². The van der Waals surface area contributed by atoms with Gasteiger partial charge in [0.25, 0.3) is 0 Å². The highest BCUT2D eigenvalue weighted by molar-refractivity contribution is 4.94. The lowest BCUT2D eigenvalue weighted by Gasteiger charge is -2.47. The van der Waals surface area contributed by atoms with E-state index in [9.17, 15) is 0 Å². The van der Waals surface area contributed by atoms with Crippen molar-refractivity contribution in [3.63, 3.8) is 0 Å². The quantitative estimate of drug-likeness (QED) is 0.726. The van der Waals surface area contributed by atoms with Gasteiger partial charge in [-0.15, -0.1) is 0 Å². The largest absolute Gasteiger partial charge is 0.298 e. The van der Waals surface area contributed by atoms with E-state index in [-0.39, 0.29) is 0 Å². The lowest BCUT2D eigenvalue weighted by Crippen LogP contribution is -2.58. The first-order valence-corrected chi connectivity index (χ1v) is 7.68. The minimum absolute atomic E-state index is 0.463. The Morgan fingerprint density at radius 1 is 1.18 bits per heavy atom. The molecule has 2 unspecified atom stereocenters. The molecule has 2 heterocycles. The van der Waals surface area contributed by atoms with Crippen molar-refractivity contribution in [2.24, 2.45) is 0 Å². The molecule has 100 valence electrons. The molecule has 2 fully saturated rings. The van der Waals surface area contributed by atoms with Crippen LogP contribution >= 0.6 is 0 Å². The van der Waals surface area contributed by atoms with Gasteiger partial charge < -0.3 is 0 Å². The average molecular weight is 238 g/mol. The van der Waals surface area contributed by atoms with E-state index in [1.807, 2.05) is 0 Å². The molecule has 2 saturated heterocycles. The summed E-state index contributed by atoms with van der Waals surface area (Å²) in [7, 11) is 0. The summed E-state index contributed by atoms with van der Waals surface area (Å²) in [6.07, 6.45) is 8.26. The molecule has 17 heavy (non-hydrogen) atoms. The second kappa shape index (κ2) is 5.71. The van der Waals surface area contributed by atoms with Crippen molar-refractivity contribution in [3.8, 4) is 0 Å². The van der Waals surface area contributed by atoms with Crippen LogP contribution in [-0.2, 0) is 0 Å². The summed E-state index contributed by atoms with van der Waals surface area (Å²) < 4.78 is 0. The number of fused-ring (bicyclic) bond motifs is 1. The van der Waals surface area contributed by atoms with E-state index >= 15 is 0 Å². The van der Waals surface area contributed by atoms with Crippen molar-refractivity contribution in [1.82, 2.24) is 9.80 Å². The first-order chi connectivity index (χ1) is 8.19. The van der Waals surface area contributed by atoms with Gasteiger partial charge in [0.1, 0.15) is 0 Å². The van der Waals surface area contributed by atoms with E-state index in [1.54, 1.807) is 0 Å². The second-order valence-corrected chi connectivity index (χ2v) is 6.23. The van der Waals surface area contributed by atoms with Crippen molar-refractivity contribution in [3.05, 3.63) is 0 Å². The molecule has 2 atom stereocenters. The van der Waals surface area contributed by atoms with Gasteiger partial charge >= 0.3 is 0 Å². The third-order valence-electron chi connectivity index (χ3n) is 5.18. The van der Waals surface area contributed by atoms with Gasteiger partial charge in [-0.05, 0) is 39.2 Å². The molecule has 0 aromatic rings. The van der Waals surface area contributed by atoms with Crippen molar-refractivity contribution in [2.75, 3.05) is 26.2 Å². The molecule has 0 amide bonds. The zero-order valence-electron chi connectivity index (χ0n) is 12.0. The SMILES string of the molecule is CCCCC(C)(CC)N1CCN2CCCC2C1. The van der Waals surface area contributed by atoms with Crippen LogP contribution in [0.3, 0.4) is 0 Å². The number of nitrogens with zero attached hydrogens (tertiary/aromatic N) is 2. The van der Waals surface area contributed by atoms with Gasteiger partial charge in [-0.3, -0.25) is 9.80 Å². The predicted molar refractivity (Wildman–Crippen MR) is 74.4 cm³/mol. The maximum Gasteiger partial charge on any atom is 0.0224 e. The number of unbranched alkanes of at least 4 members (excludes halogenated alkanes) is 1. The molecule has 0 bridgehead atoms. The summed E-state index contributed by atoms with van der Waals surface area (Å²) in [5.74, 6) is 0. The standard InChI is InChI=1S/C15H30N2/c1-4-6-9-15(3,5-2)17-12-11-16-10-7-8-14(16)13-17/h14H,4-13H2,1-3H3. The maximum atomic E-state index is 2.80. The number of piperazine rings is 1. The minimum Gasteiger partial charge on any atom is -0.298 e. The summed E-state index contributed by atoms with van der Waals surface area (Å²) in [6.45, 7) is 12.5. The lowest BCUT2D eigenvalue weighted by molar-refractivity contribution is 0.0151. The topological polar surface area (TPSA) is 6.48 Å². The molecular formula is C15H30N2. The molecule has 2 aliphatic heterocycles. The Morgan fingerprint density at radius 2 is 2.00 bits per heavy atom. The van der Waals surface area contributed by atoms with E-state index in [0.29, 0.717) is 5.54 Å². The van der Waals surface area contributed by atoms with Crippen LogP contribution in [0.1, 0.15) is 59.3 Å². The molecule has 0 aliphatic carbocycles. The molecular weight excluding hydrogens is 208 g/mol. The smallest absolute Gasteiger partial charge is 0.0224 e. The lowest BCUT2D eigenvalue weighted by atomic mass is 9.88. The van der Waals surface area contributed by atoms with E-state index in [0.717, 1.165) is 6.04 Å². The van der Waals surface area contributed by atoms with Crippen LogP contribution in [0.2, 0.25) is 0 Å². The number of hydrogen-bond acceptors (Lipinski definition) is 2. The van der Waals surface area contributed by atoms with Crippen LogP contribution in [0.25, 0.3) is 0 Å². The fraction of sp³-hybridized carbons (Fsp3) is 1.00. The highest BCUT2D eigenvalue weighted by atomic mass is 15.3. The Bertz CT molecular complexity index is 241.